The molecule has 1 aromatic heterocycles. The van der Waals surface area contributed by atoms with E-state index in [0.29, 0.717) is 12.8 Å². The maximum atomic E-state index is 12.7. The van der Waals surface area contributed by atoms with Gasteiger partial charge in [-0.3, -0.25) is 0 Å². The maximum absolute atomic E-state index is 12.7. The van der Waals surface area contributed by atoms with Gasteiger partial charge in [-0.2, -0.15) is 13.2 Å². The van der Waals surface area contributed by atoms with E-state index in [2.05, 4.69) is 10.3 Å². The lowest BCUT2D eigenvalue weighted by Gasteiger charge is -2.28. The minimum Gasteiger partial charge on any atom is -0.474 e. The van der Waals surface area contributed by atoms with E-state index in [1.165, 1.54) is 12.3 Å². The smallest absolute Gasteiger partial charge is 0.421 e. The summed E-state index contributed by atoms with van der Waals surface area (Å²) in [5.41, 5.74) is -0.809. The van der Waals surface area contributed by atoms with Crippen molar-refractivity contribution in [1.82, 2.24) is 10.3 Å². The topological polar surface area (TPSA) is 34.1 Å². The number of pyridine rings is 1. The van der Waals surface area contributed by atoms with Crippen LogP contribution in [0.15, 0.2) is 18.3 Å². The molecule has 1 N–H and O–H groups in total. The number of alkyl halides is 3. The van der Waals surface area contributed by atoms with Crippen molar-refractivity contribution in [3.05, 3.63) is 23.9 Å². The predicted molar refractivity (Wildman–Crippen MR) is 60.4 cm³/mol. The maximum Gasteiger partial charge on any atom is 0.421 e. The van der Waals surface area contributed by atoms with E-state index in [1.54, 1.807) is 0 Å². The van der Waals surface area contributed by atoms with Crippen LogP contribution >= 0.6 is 0 Å². The van der Waals surface area contributed by atoms with Gasteiger partial charge in [0.25, 0.3) is 0 Å². The zero-order valence-corrected chi connectivity index (χ0v) is 10.00. The van der Waals surface area contributed by atoms with Crippen LogP contribution in [0.4, 0.5) is 13.2 Å². The fraction of sp³-hybridized carbons (Fsp3) is 0.583. The number of ether oxygens (including phenoxy) is 1. The van der Waals surface area contributed by atoms with Gasteiger partial charge in [-0.1, -0.05) is 0 Å². The van der Waals surface area contributed by atoms with Crippen LogP contribution in [0.5, 0.6) is 5.88 Å². The third-order valence-electron chi connectivity index (χ3n) is 2.93. The average molecular weight is 260 g/mol. The van der Waals surface area contributed by atoms with E-state index in [-0.39, 0.29) is 18.0 Å². The molecule has 100 valence electrons. The molecule has 0 spiro atoms. The Morgan fingerprint density at radius 1 is 1.44 bits per heavy atom. The quantitative estimate of drug-likeness (QED) is 0.887. The van der Waals surface area contributed by atoms with Crippen LogP contribution in [-0.4, -0.2) is 23.7 Å². The number of rotatable bonds is 2. The first-order valence-electron chi connectivity index (χ1n) is 5.89. The number of halogens is 3. The van der Waals surface area contributed by atoms with Crippen LogP contribution in [0.1, 0.15) is 25.3 Å². The summed E-state index contributed by atoms with van der Waals surface area (Å²) >= 11 is 0. The summed E-state index contributed by atoms with van der Waals surface area (Å²) in [6.45, 7) is 2.73. The van der Waals surface area contributed by atoms with Gasteiger partial charge in [0.05, 0.1) is 0 Å². The second-order valence-electron chi connectivity index (χ2n) is 4.47. The van der Waals surface area contributed by atoms with Gasteiger partial charge in [0.1, 0.15) is 11.7 Å². The molecule has 18 heavy (non-hydrogen) atoms. The largest absolute Gasteiger partial charge is 0.474 e. The molecule has 0 unspecified atom stereocenters. The Morgan fingerprint density at radius 2 is 2.22 bits per heavy atom. The number of aromatic nitrogens is 1. The number of hydrogen-bond donors (Lipinski definition) is 1. The molecule has 0 aliphatic carbocycles. The predicted octanol–water partition coefficient (Wildman–Crippen LogP) is 2.62. The Balaban J connectivity index is 2.13. The molecule has 2 rings (SSSR count). The molecule has 1 aliphatic rings. The minimum absolute atomic E-state index is 0.211. The van der Waals surface area contributed by atoms with Gasteiger partial charge in [-0.25, -0.2) is 4.98 Å². The zero-order valence-electron chi connectivity index (χ0n) is 10.00. The molecule has 2 heterocycles. The summed E-state index contributed by atoms with van der Waals surface area (Å²) in [4.78, 5) is 3.70. The number of piperidine rings is 1. The van der Waals surface area contributed by atoms with Crippen molar-refractivity contribution in [3.63, 3.8) is 0 Å². The third kappa shape index (κ3) is 3.13. The lowest BCUT2D eigenvalue weighted by atomic mass is 10.0. The van der Waals surface area contributed by atoms with Gasteiger partial charge in [0.2, 0.25) is 5.88 Å². The van der Waals surface area contributed by atoms with E-state index in [9.17, 15) is 13.2 Å². The van der Waals surface area contributed by atoms with Crippen molar-refractivity contribution in [2.75, 3.05) is 6.54 Å². The minimum atomic E-state index is -4.43. The number of hydrogen-bond acceptors (Lipinski definition) is 3. The van der Waals surface area contributed by atoms with Crippen LogP contribution in [-0.2, 0) is 6.18 Å². The second-order valence-corrected chi connectivity index (χ2v) is 4.47. The molecule has 6 heteroatoms. The van der Waals surface area contributed by atoms with E-state index < -0.39 is 11.7 Å². The van der Waals surface area contributed by atoms with Gasteiger partial charge in [-0.15, -0.1) is 0 Å². The Bertz CT molecular complexity index is 409. The van der Waals surface area contributed by atoms with E-state index in [0.717, 1.165) is 12.6 Å². The van der Waals surface area contributed by atoms with Crippen LogP contribution in [0.25, 0.3) is 0 Å². The fourth-order valence-corrected chi connectivity index (χ4v) is 2.05. The molecule has 0 radical (unpaired) electrons. The molecular weight excluding hydrogens is 245 g/mol. The summed E-state index contributed by atoms with van der Waals surface area (Å²) in [7, 11) is 0. The van der Waals surface area contributed by atoms with Crippen molar-refractivity contribution in [1.29, 1.82) is 0 Å². The van der Waals surface area contributed by atoms with Crippen LogP contribution in [0, 0.1) is 0 Å². The van der Waals surface area contributed by atoms with Crippen molar-refractivity contribution >= 4 is 0 Å². The summed E-state index contributed by atoms with van der Waals surface area (Å²) < 4.78 is 43.7. The highest BCUT2D eigenvalue weighted by atomic mass is 19.4. The van der Waals surface area contributed by atoms with Gasteiger partial charge in [0.15, 0.2) is 0 Å². The lowest BCUT2D eigenvalue weighted by molar-refractivity contribution is -0.139. The summed E-state index contributed by atoms with van der Waals surface area (Å²) in [6, 6.07) is 2.51. The molecule has 1 aliphatic heterocycles. The molecule has 0 amide bonds. The van der Waals surface area contributed by atoms with Gasteiger partial charge >= 0.3 is 6.18 Å². The molecule has 2 atom stereocenters. The first-order chi connectivity index (χ1) is 8.47. The molecule has 0 saturated carbocycles. The molecular formula is C12H15F3N2O. The Morgan fingerprint density at radius 3 is 2.89 bits per heavy atom. The van der Waals surface area contributed by atoms with Crippen LogP contribution in [0.3, 0.4) is 0 Å². The summed E-state index contributed by atoms with van der Waals surface area (Å²) in [5.74, 6) is -0.316. The van der Waals surface area contributed by atoms with Crippen molar-refractivity contribution in [3.8, 4) is 5.88 Å². The Labute approximate surface area is 103 Å². The standard InChI is InChI=1S/C12H15F3N2O/c1-8-7-9(4-6-16-8)18-11-10(12(13,14)15)3-2-5-17-11/h2-3,5,8-9,16H,4,6-7H2,1H3/t8-,9-/m1/s1. The summed E-state index contributed by atoms with van der Waals surface area (Å²) in [5, 5.41) is 3.22. The Hall–Kier alpha value is -1.30. The van der Waals surface area contributed by atoms with E-state index in [1.807, 2.05) is 6.92 Å². The third-order valence-corrected chi connectivity index (χ3v) is 2.93. The highest BCUT2D eigenvalue weighted by molar-refractivity contribution is 5.28. The van der Waals surface area contributed by atoms with E-state index >= 15 is 0 Å². The highest BCUT2D eigenvalue weighted by Gasteiger charge is 2.36. The molecule has 0 aromatic carbocycles. The van der Waals surface area contributed by atoms with Crippen molar-refractivity contribution in [2.45, 2.75) is 38.1 Å². The average Bonchev–Trinajstić information content (AvgIpc) is 2.28. The van der Waals surface area contributed by atoms with E-state index in [4.69, 9.17) is 4.74 Å². The number of nitrogens with zero attached hydrogens (tertiary/aromatic N) is 1. The molecule has 1 saturated heterocycles. The van der Waals surface area contributed by atoms with Gasteiger partial charge in [0, 0.05) is 12.2 Å². The highest BCUT2D eigenvalue weighted by Crippen LogP contribution is 2.35. The Kier molecular flexibility index (Phi) is 3.75. The molecule has 1 fully saturated rings. The van der Waals surface area contributed by atoms with Crippen molar-refractivity contribution in [2.24, 2.45) is 0 Å². The number of nitrogens with one attached hydrogen (secondary N) is 1. The molecule has 3 nitrogen and oxygen atoms in total. The first-order valence-corrected chi connectivity index (χ1v) is 5.89. The van der Waals surface area contributed by atoms with Gasteiger partial charge < -0.3 is 10.1 Å². The fourth-order valence-electron chi connectivity index (χ4n) is 2.05. The summed E-state index contributed by atoms with van der Waals surface area (Å²) in [6.07, 6.45) is -1.94. The van der Waals surface area contributed by atoms with Crippen LogP contribution in [0.2, 0.25) is 0 Å². The monoisotopic (exact) mass is 260 g/mol. The van der Waals surface area contributed by atoms with Crippen molar-refractivity contribution < 1.29 is 17.9 Å². The molecule has 1 aromatic rings. The molecule has 0 bridgehead atoms. The van der Waals surface area contributed by atoms with Gasteiger partial charge in [-0.05, 0) is 38.4 Å². The lowest BCUT2D eigenvalue weighted by Crippen LogP contribution is -2.40. The normalized spacial score (nSPS) is 24.9. The zero-order chi connectivity index (χ0) is 13.2. The first kappa shape index (κ1) is 13.1. The second kappa shape index (κ2) is 5.14. The SMILES string of the molecule is C[C@@H]1C[C@H](Oc2ncccc2C(F)(F)F)CCN1. The van der Waals surface area contributed by atoms with Crippen LogP contribution < -0.4 is 10.1 Å².